The van der Waals surface area contributed by atoms with Crippen molar-refractivity contribution in [3.05, 3.63) is 45.7 Å². The lowest BCUT2D eigenvalue weighted by Gasteiger charge is -2.00. The number of hydrogen-bond acceptors (Lipinski definition) is 2. The van der Waals surface area contributed by atoms with Crippen LogP contribution < -0.4 is 5.56 Å². The van der Waals surface area contributed by atoms with Gasteiger partial charge in [0.25, 0.3) is 0 Å². The molecule has 3 heteroatoms. The topological polar surface area (TPSA) is 56.6 Å². The minimum atomic E-state index is -0.134. The summed E-state index contributed by atoms with van der Waals surface area (Å²) in [6.45, 7) is 1.88. The number of benzene rings is 1. The molecule has 0 aliphatic heterocycles. The zero-order chi connectivity index (χ0) is 10.1. The van der Waals surface area contributed by atoms with E-state index >= 15 is 0 Å². The Morgan fingerprint density at radius 1 is 1.36 bits per heavy atom. The highest BCUT2D eigenvalue weighted by Gasteiger charge is 2.00. The third-order valence-corrected chi connectivity index (χ3v) is 2.18. The van der Waals surface area contributed by atoms with Crippen LogP contribution in [-0.4, -0.2) is 4.98 Å². The van der Waals surface area contributed by atoms with Crippen molar-refractivity contribution in [1.29, 1.82) is 5.26 Å². The van der Waals surface area contributed by atoms with Gasteiger partial charge in [0.05, 0.1) is 11.6 Å². The summed E-state index contributed by atoms with van der Waals surface area (Å²) in [5.74, 6) is 0. The summed E-state index contributed by atoms with van der Waals surface area (Å²) in [5, 5.41) is 9.67. The molecule has 1 N–H and O–H groups in total. The molecule has 0 atom stereocenters. The fraction of sp³-hybridized carbons (Fsp3) is 0.0909. The van der Waals surface area contributed by atoms with Gasteiger partial charge < -0.3 is 4.98 Å². The average Bonchev–Trinajstić information content (AvgIpc) is 2.16. The molecule has 68 valence electrons. The highest BCUT2D eigenvalue weighted by atomic mass is 16.1. The van der Waals surface area contributed by atoms with Gasteiger partial charge >= 0.3 is 0 Å². The van der Waals surface area contributed by atoms with Crippen LogP contribution in [-0.2, 0) is 0 Å². The number of nitrogens with zero attached hydrogens (tertiary/aromatic N) is 1. The molecule has 3 nitrogen and oxygen atoms in total. The molecule has 0 aliphatic rings. The number of pyridine rings is 1. The number of hydrogen-bond donors (Lipinski definition) is 1. The minimum absolute atomic E-state index is 0.134. The number of nitriles is 1. The van der Waals surface area contributed by atoms with Gasteiger partial charge in [0.1, 0.15) is 0 Å². The summed E-state index contributed by atoms with van der Waals surface area (Å²) in [7, 11) is 0. The summed E-state index contributed by atoms with van der Waals surface area (Å²) in [4.78, 5) is 13.9. The monoisotopic (exact) mass is 184 g/mol. The van der Waals surface area contributed by atoms with Crippen molar-refractivity contribution in [2.75, 3.05) is 0 Å². The van der Waals surface area contributed by atoms with Crippen LogP contribution in [0.1, 0.15) is 11.1 Å². The summed E-state index contributed by atoms with van der Waals surface area (Å²) in [6, 6.07) is 8.86. The average molecular weight is 184 g/mol. The van der Waals surface area contributed by atoms with E-state index in [-0.39, 0.29) is 5.56 Å². The number of H-pyrrole nitrogens is 1. The van der Waals surface area contributed by atoms with Crippen molar-refractivity contribution < 1.29 is 0 Å². The smallest absolute Gasteiger partial charge is 0.248 e. The lowest BCUT2D eigenvalue weighted by Crippen LogP contribution is -2.04. The number of aromatic nitrogens is 1. The second-order valence-corrected chi connectivity index (χ2v) is 3.19. The highest BCUT2D eigenvalue weighted by molar-refractivity contribution is 5.82. The van der Waals surface area contributed by atoms with Gasteiger partial charge in [-0.25, -0.2) is 0 Å². The van der Waals surface area contributed by atoms with Crippen LogP contribution in [0.15, 0.2) is 29.1 Å². The van der Waals surface area contributed by atoms with Gasteiger partial charge in [-0.3, -0.25) is 4.79 Å². The van der Waals surface area contributed by atoms with Crippen molar-refractivity contribution in [3.8, 4) is 6.07 Å². The molecule has 0 radical (unpaired) electrons. The van der Waals surface area contributed by atoms with E-state index in [2.05, 4.69) is 4.98 Å². The Morgan fingerprint density at radius 2 is 2.14 bits per heavy atom. The number of rotatable bonds is 0. The van der Waals surface area contributed by atoms with Crippen LogP contribution in [0, 0.1) is 18.3 Å². The summed E-state index contributed by atoms with van der Waals surface area (Å²) < 4.78 is 0. The maximum atomic E-state index is 11.2. The Morgan fingerprint density at radius 3 is 2.86 bits per heavy atom. The Kier molecular flexibility index (Phi) is 1.83. The number of nitrogens with one attached hydrogen (secondary N) is 1. The lowest BCUT2D eigenvalue weighted by molar-refractivity contribution is 1.27. The summed E-state index contributed by atoms with van der Waals surface area (Å²) in [5.41, 5.74) is 2.06. The van der Waals surface area contributed by atoms with E-state index in [0.717, 1.165) is 10.9 Å². The maximum absolute atomic E-state index is 11.2. The zero-order valence-electron chi connectivity index (χ0n) is 7.66. The van der Waals surface area contributed by atoms with Crippen LogP contribution in [0.5, 0.6) is 0 Å². The third kappa shape index (κ3) is 1.27. The molecule has 0 unspecified atom stereocenters. The van der Waals surface area contributed by atoms with E-state index in [0.29, 0.717) is 11.1 Å². The Bertz CT molecular complexity index is 590. The van der Waals surface area contributed by atoms with Gasteiger partial charge in [-0.2, -0.15) is 5.26 Å². The van der Waals surface area contributed by atoms with Crippen LogP contribution in [0.25, 0.3) is 10.9 Å². The van der Waals surface area contributed by atoms with Gasteiger partial charge in [-0.1, -0.05) is 6.07 Å². The first-order valence-electron chi connectivity index (χ1n) is 4.24. The molecule has 1 heterocycles. The Labute approximate surface area is 80.6 Å². The van der Waals surface area contributed by atoms with Crippen LogP contribution >= 0.6 is 0 Å². The molecule has 2 rings (SSSR count). The Hall–Kier alpha value is -2.08. The molecule has 1 aromatic carbocycles. The van der Waals surface area contributed by atoms with Crippen LogP contribution in [0.4, 0.5) is 0 Å². The standard InChI is InChI=1S/C11H8N2O/c1-7-4-11(14)13-10-5-8(6-12)2-3-9(7)10/h2-5H,1H3,(H,13,14). The van der Waals surface area contributed by atoms with Gasteiger partial charge in [0.2, 0.25) is 5.56 Å². The normalized spacial score (nSPS) is 10.0. The number of aryl methyl sites for hydroxylation is 1. The number of aromatic amines is 1. The SMILES string of the molecule is Cc1cc(=O)[nH]c2cc(C#N)ccc12. The second kappa shape index (κ2) is 3.00. The molecule has 0 spiro atoms. The maximum Gasteiger partial charge on any atom is 0.248 e. The van der Waals surface area contributed by atoms with E-state index in [1.165, 1.54) is 0 Å². The van der Waals surface area contributed by atoms with E-state index in [1.54, 1.807) is 18.2 Å². The molecule has 0 bridgehead atoms. The number of fused-ring (bicyclic) bond motifs is 1. The predicted molar refractivity (Wildman–Crippen MR) is 54.0 cm³/mol. The fourth-order valence-corrected chi connectivity index (χ4v) is 1.50. The molecule has 0 saturated heterocycles. The van der Waals surface area contributed by atoms with Crippen molar-refractivity contribution in [3.63, 3.8) is 0 Å². The Balaban J connectivity index is 2.90. The van der Waals surface area contributed by atoms with Crippen molar-refractivity contribution >= 4 is 10.9 Å². The molecule has 0 saturated carbocycles. The van der Waals surface area contributed by atoms with E-state index < -0.39 is 0 Å². The molecule has 0 amide bonds. The first kappa shape index (κ1) is 8.52. The van der Waals surface area contributed by atoms with Gasteiger partial charge in [-0.15, -0.1) is 0 Å². The first-order valence-corrected chi connectivity index (χ1v) is 4.24. The molecule has 1 aromatic heterocycles. The quantitative estimate of drug-likeness (QED) is 0.677. The second-order valence-electron chi connectivity index (χ2n) is 3.19. The molecular weight excluding hydrogens is 176 g/mol. The summed E-state index contributed by atoms with van der Waals surface area (Å²) >= 11 is 0. The van der Waals surface area contributed by atoms with Gasteiger partial charge in [0, 0.05) is 17.0 Å². The van der Waals surface area contributed by atoms with Gasteiger partial charge in [0.15, 0.2) is 0 Å². The van der Waals surface area contributed by atoms with E-state index in [1.807, 2.05) is 19.1 Å². The summed E-state index contributed by atoms with van der Waals surface area (Å²) in [6.07, 6.45) is 0. The van der Waals surface area contributed by atoms with E-state index in [9.17, 15) is 4.79 Å². The fourth-order valence-electron chi connectivity index (χ4n) is 1.50. The third-order valence-electron chi connectivity index (χ3n) is 2.18. The van der Waals surface area contributed by atoms with Crippen LogP contribution in [0.3, 0.4) is 0 Å². The van der Waals surface area contributed by atoms with Gasteiger partial charge in [-0.05, 0) is 24.6 Å². The molecule has 0 fully saturated rings. The molecular formula is C11H8N2O. The van der Waals surface area contributed by atoms with Crippen molar-refractivity contribution in [1.82, 2.24) is 4.98 Å². The minimum Gasteiger partial charge on any atom is -0.322 e. The van der Waals surface area contributed by atoms with E-state index in [4.69, 9.17) is 5.26 Å². The predicted octanol–water partition coefficient (Wildman–Crippen LogP) is 1.71. The highest BCUT2D eigenvalue weighted by Crippen LogP contribution is 2.15. The van der Waals surface area contributed by atoms with Crippen molar-refractivity contribution in [2.24, 2.45) is 0 Å². The lowest BCUT2D eigenvalue weighted by atomic mass is 10.1. The van der Waals surface area contributed by atoms with Crippen molar-refractivity contribution in [2.45, 2.75) is 6.92 Å². The van der Waals surface area contributed by atoms with Crippen LogP contribution in [0.2, 0.25) is 0 Å². The zero-order valence-corrected chi connectivity index (χ0v) is 7.66. The largest absolute Gasteiger partial charge is 0.322 e. The molecule has 0 aliphatic carbocycles. The molecule has 14 heavy (non-hydrogen) atoms. The first-order chi connectivity index (χ1) is 6.70. The molecule has 2 aromatic rings.